The SMILES string of the molecule is COc1cc2nc(C)nc(N[C@H](C)c3cccc(C(C)(F)F)c3F)c2cc1OCC(OC)C(F)(F)F. The average molecular weight is 517 g/mol. The Hall–Kier alpha value is -3.28. The first-order valence-electron chi connectivity index (χ1n) is 10.8. The summed E-state index contributed by atoms with van der Waals surface area (Å²) in [6, 6.07) is 5.76. The van der Waals surface area contributed by atoms with Crippen LogP contribution in [-0.2, 0) is 10.7 Å². The minimum atomic E-state index is -4.64. The van der Waals surface area contributed by atoms with Crippen molar-refractivity contribution in [3.8, 4) is 11.5 Å². The normalized spacial score (nSPS) is 14.0. The summed E-state index contributed by atoms with van der Waals surface area (Å²) in [4.78, 5) is 8.64. The molecular formula is C24H25F6N3O3. The van der Waals surface area contributed by atoms with Crippen molar-refractivity contribution < 1.29 is 40.6 Å². The van der Waals surface area contributed by atoms with Gasteiger partial charge in [-0.15, -0.1) is 0 Å². The highest BCUT2D eigenvalue weighted by atomic mass is 19.4. The minimum absolute atomic E-state index is 0.0171. The van der Waals surface area contributed by atoms with E-state index in [9.17, 15) is 26.3 Å². The second-order valence-corrected chi connectivity index (χ2v) is 8.18. The quantitative estimate of drug-likeness (QED) is 0.335. The van der Waals surface area contributed by atoms with Gasteiger partial charge in [0.1, 0.15) is 24.1 Å². The monoisotopic (exact) mass is 517 g/mol. The molecule has 36 heavy (non-hydrogen) atoms. The van der Waals surface area contributed by atoms with Gasteiger partial charge in [0.05, 0.1) is 24.2 Å². The van der Waals surface area contributed by atoms with Gasteiger partial charge in [-0.3, -0.25) is 0 Å². The first-order valence-corrected chi connectivity index (χ1v) is 10.8. The smallest absolute Gasteiger partial charge is 0.417 e. The van der Waals surface area contributed by atoms with E-state index in [1.54, 1.807) is 13.8 Å². The summed E-state index contributed by atoms with van der Waals surface area (Å²) in [7, 11) is 2.24. The van der Waals surface area contributed by atoms with Crippen LogP contribution in [0.25, 0.3) is 10.9 Å². The first kappa shape index (κ1) is 27.3. The molecule has 0 aliphatic rings. The molecule has 1 aromatic heterocycles. The third-order valence-corrected chi connectivity index (χ3v) is 5.45. The summed E-state index contributed by atoms with van der Waals surface area (Å²) in [6.07, 6.45) is -6.81. The topological polar surface area (TPSA) is 65.5 Å². The summed E-state index contributed by atoms with van der Waals surface area (Å²) < 4.78 is 96.8. The number of rotatable bonds is 9. The van der Waals surface area contributed by atoms with Crippen LogP contribution in [0, 0.1) is 12.7 Å². The Morgan fingerprint density at radius 2 is 1.72 bits per heavy atom. The van der Waals surface area contributed by atoms with Gasteiger partial charge in [-0.05, 0) is 19.9 Å². The van der Waals surface area contributed by atoms with Crippen molar-refractivity contribution >= 4 is 16.7 Å². The molecule has 12 heteroatoms. The molecule has 1 unspecified atom stereocenters. The molecule has 0 saturated carbocycles. The maximum atomic E-state index is 14.9. The summed E-state index contributed by atoms with van der Waals surface area (Å²) in [5.74, 6) is -3.80. The highest BCUT2D eigenvalue weighted by molar-refractivity contribution is 5.92. The van der Waals surface area contributed by atoms with E-state index in [4.69, 9.17) is 9.47 Å². The number of aryl methyl sites for hydroxylation is 1. The number of aromatic nitrogens is 2. The van der Waals surface area contributed by atoms with Crippen LogP contribution in [-0.4, -0.2) is 43.1 Å². The Labute approximate surface area is 203 Å². The maximum absolute atomic E-state index is 14.9. The van der Waals surface area contributed by atoms with Crippen LogP contribution in [0.3, 0.4) is 0 Å². The van der Waals surface area contributed by atoms with Crippen molar-refractivity contribution in [1.29, 1.82) is 0 Å². The number of fused-ring (bicyclic) bond motifs is 1. The van der Waals surface area contributed by atoms with Crippen molar-refractivity contribution in [3.63, 3.8) is 0 Å². The van der Waals surface area contributed by atoms with Gasteiger partial charge in [0.15, 0.2) is 17.6 Å². The molecule has 0 saturated heterocycles. The molecule has 0 amide bonds. The van der Waals surface area contributed by atoms with E-state index in [1.807, 2.05) is 0 Å². The van der Waals surface area contributed by atoms with Gasteiger partial charge in [0.2, 0.25) is 0 Å². The Kier molecular flexibility index (Phi) is 7.87. The number of nitrogens with zero attached hydrogens (tertiary/aromatic N) is 2. The molecule has 1 N–H and O–H groups in total. The van der Waals surface area contributed by atoms with Gasteiger partial charge in [0.25, 0.3) is 5.92 Å². The van der Waals surface area contributed by atoms with Crippen molar-refractivity contribution in [2.24, 2.45) is 0 Å². The molecule has 0 aliphatic heterocycles. The highest BCUT2D eigenvalue weighted by Crippen LogP contribution is 2.37. The van der Waals surface area contributed by atoms with E-state index in [-0.39, 0.29) is 22.9 Å². The highest BCUT2D eigenvalue weighted by Gasteiger charge is 2.40. The lowest BCUT2D eigenvalue weighted by Crippen LogP contribution is -2.36. The Bertz CT molecular complexity index is 1230. The lowest BCUT2D eigenvalue weighted by atomic mass is 10.0. The number of nitrogens with one attached hydrogen (secondary N) is 1. The maximum Gasteiger partial charge on any atom is 0.417 e. The molecule has 196 valence electrons. The van der Waals surface area contributed by atoms with Gasteiger partial charge in [-0.2, -0.15) is 13.2 Å². The number of anilines is 1. The number of ether oxygens (including phenoxy) is 3. The van der Waals surface area contributed by atoms with E-state index in [2.05, 4.69) is 20.0 Å². The minimum Gasteiger partial charge on any atom is -0.493 e. The van der Waals surface area contributed by atoms with E-state index < -0.39 is 42.2 Å². The van der Waals surface area contributed by atoms with Crippen LogP contribution in [0.15, 0.2) is 30.3 Å². The molecule has 0 bridgehead atoms. The standard InChI is InChI=1S/C24H25F6N3O3/c1-12(14-7-6-8-16(21(14)25)23(3,26)27)31-22-15-9-19(36-11-20(35-5)24(28,29)30)18(34-4)10-17(15)32-13(2)33-22/h6-10,12,20H,11H2,1-5H3,(H,31,32,33)/t12-,20?/m1/s1. The number of hydrogen-bond acceptors (Lipinski definition) is 6. The van der Waals surface area contributed by atoms with Gasteiger partial charge < -0.3 is 19.5 Å². The van der Waals surface area contributed by atoms with E-state index >= 15 is 0 Å². The van der Waals surface area contributed by atoms with Crippen LogP contribution in [0.1, 0.15) is 36.8 Å². The average Bonchev–Trinajstić information content (AvgIpc) is 2.77. The molecule has 2 aromatic carbocycles. The number of alkyl halides is 5. The number of halogens is 6. The van der Waals surface area contributed by atoms with Crippen LogP contribution in [0.5, 0.6) is 11.5 Å². The zero-order chi connectivity index (χ0) is 26.8. The fraction of sp³-hybridized carbons (Fsp3) is 0.417. The Morgan fingerprint density at radius 1 is 1.03 bits per heavy atom. The molecule has 2 atom stereocenters. The summed E-state index contributed by atoms with van der Waals surface area (Å²) in [5.41, 5.74) is -0.387. The predicted molar refractivity (Wildman–Crippen MR) is 121 cm³/mol. The first-order chi connectivity index (χ1) is 16.8. The molecule has 0 fully saturated rings. The van der Waals surface area contributed by atoms with E-state index in [0.29, 0.717) is 23.7 Å². The van der Waals surface area contributed by atoms with Crippen LogP contribution >= 0.6 is 0 Å². The predicted octanol–water partition coefficient (Wildman–Crippen LogP) is 6.33. The summed E-state index contributed by atoms with van der Waals surface area (Å²) in [5, 5.41) is 3.32. The molecule has 3 aromatic rings. The van der Waals surface area contributed by atoms with Gasteiger partial charge in [-0.25, -0.2) is 23.1 Å². The van der Waals surface area contributed by atoms with E-state index in [1.165, 1.54) is 31.4 Å². The fourth-order valence-corrected chi connectivity index (χ4v) is 3.60. The molecule has 0 spiro atoms. The number of benzene rings is 2. The van der Waals surface area contributed by atoms with Gasteiger partial charge in [-0.1, -0.05) is 18.2 Å². The van der Waals surface area contributed by atoms with Crippen molar-refractivity contribution in [2.45, 2.75) is 45.0 Å². The van der Waals surface area contributed by atoms with Crippen LogP contribution in [0.2, 0.25) is 0 Å². The molecule has 6 nitrogen and oxygen atoms in total. The van der Waals surface area contributed by atoms with Crippen molar-refractivity contribution in [2.75, 3.05) is 26.1 Å². The third kappa shape index (κ3) is 5.92. The van der Waals surface area contributed by atoms with Crippen LogP contribution < -0.4 is 14.8 Å². The summed E-state index contributed by atoms with van der Waals surface area (Å²) in [6.45, 7) is 2.94. The second-order valence-electron chi connectivity index (χ2n) is 8.18. The van der Waals surface area contributed by atoms with Gasteiger partial charge in [0, 0.05) is 31.0 Å². The molecule has 1 heterocycles. The Balaban J connectivity index is 2.01. The molecule has 0 aliphatic carbocycles. The number of hydrogen-bond donors (Lipinski definition) is 1. The summed E-state index contributed by atoms with van der Waals surface area (Å²) >= 11 is 0. The molecule has 0 radical (unpaired) electrons. The van der Waals surface area contributed by atoms with E-state index in [0.717, 1.165) is 13.2 Å². The largest absolute Gasteiger partial charge is 0.493 e. The van der Waals surface area contributed by atoms with Crippen LogP contribution in [0.4, 0.5) is 32.2 Å². The second kappa shape index (κ2) is 10.4. The zero-order valence-electron chi connectivity index (χ0n) is 20.1. The zero-order valence-corrected chi connectivity index (χ0v) is 20.1. The van der Waals surface area contributed by atoms with Crippen molar-refractivity contribution in [1.82, 2.24) is 9.97 Å². The third-order valence-electron chi connectivity index (χ3n) is 5.45. The molecule has 3 rings (SSSR count). The lowest BCUT2D eigenvalue weighted by Gasteiger charge is -2.22. The molecular weight excluding hydrogens is 492 g/mol. The fourth-order valence-electron chi connectivity index (χ4n) is 3.60. The Morgan fingerprint density at radius 3 is 2.31 bits per heavy atom. The van der Waals surface area contributed by atoms with Gasteiger partial charge >= 0.3 is 6.18 Å². The number of methoxy groups -OCH3 is 2. The van der Waals surface area contributed by atoms with Crippen molar-refractivity contribution in [3.05, 3.63) is 53.1 Å². The lowest BCUT2D eigenvalue weighted by molar-refractivity contribution is -0.219.